The molecule has 0 aliphatic rings. The molecule has 0 atom stereocenters. The first kappa shape index (κ1) is 19.8. The molecule has 2 heterocycles. The number of hydrogen-bond donors (Lipinski definition) is 0. The van der Waals surface area contributed by atoms with Crippen molar-refractivity contribution >= 4 is 11.0 Å². The van der Waals surface area contributed by atoms with Gasteiger partial charge in [-0.05, 0) is 49.4 Å². The van der Waals surface area contributed by atoms with Crippen molar-refractivity contribution in [3.05, 3.63) is 65.9 Å². The van der Waals surface area contributed by atoms with Crippen molar-refractivity contribution in [2.75, 3.05) is 14.2 Å². The van der Waals surface area contributed by atoms with Crippen LogP contribution in [-0.4, -0.2) is 29.0 Å². The van der Waals surface area contributed by atoms with Crippen LogP contribution in [-0.2, 0) is 6.18 Å². The maximum atomic E-state index is 14.0. The van der Waals surface area contributed by atoms with Crippen LogP contribution >= 0.6 is 0 Å². The smallest absolute Gasteiger partial charge is 0.417 e. The van der Waals surface area contributed by atoms with Gasteiger partial charge in [0.2, 0.25) is 0 Å². The fourth-order valence-electron chi connectivity index (χ4n) is 3.41. The summed E-state index contributed by atoms with van der Waals surface area (Å²) in [5.74, 6) is 1.07. The Kier molecular flexibility index (Phi) is 4.85. The van der Waals surface area contributed by atoms with E-state index in [1.165, 1.54) is 11.8 Å². The first-order valence-electron chi connectivity index (χ1n) is 9.09. The second-order valence-electron chi connectivity index (χ2n) is 6.65. The quantitative estimate of drug-likeness (QED) is 0.448. The number of rotatable bonds is 4. The highest BCUT2D eigenvalue weighted by Crippen LogP contribution is 2.40. The van der Waals surface area contributed by atoms with E-state index >= 15 is 0 Å². The number of ether oxygens (including phenoxy) is 2. The predicted octanol–water partition coefficient (Wildman–Crippen LogP) is 5.43. The van der Waals surface area contributed by atoms with Crippen LogP contribution < -0.4 is 9.47 Å². The predicted molar refractivity (Wildman–Crippen MR) is 107 cm³/mol. The molecule has 0 amide bonds. The molecule has 0 spiro atoms. The van der Waals surface area contributed by atoms with Gasteiger partial charge in [0.25, 0.3) is 0 Å². The highest BCUT2D eigenvalue weighted by atomic mass is 19.4. The summed E-state index contributed by atoms with van der Waals surface area (Å²) in [6.07, 6.45) is -4.57. The average molecular weight is 413 g/mol. The van der Waals surface area contributed by atoms with Gasteiger partial charge in [0.05, 0.1) is 42.2 Å². The lowest BCUT2D eigenvalue weighted by Crippen LogP contribution is -2.08. The van der Waals surface area contributed by atoms with Gasteiger partial charge in [0, 0.05) is 5.56 Å². The molecule has 0 aliphatic heterocycles. The molecule has 154 valence electrons. The van der Waals surface area contributed by atoms with E-state index in [9.17, 15) is 13.2 Å². The van der Waals surface area contributed by atoms with Crippen LogP contribution in [0, 0.1) is 6.92 Å². The van der Waals surface area contributed by atoms with E-state index in [0.717, 1.165) is 6.07 Å². The average Bonchev–Trinajstić information content (AvgIpc) is 3.09. The summed E-state index contributed by atoms with van der Waals surface area (Å²) in [4.78, 5) is 4.56. The van der Waals surface area contributed by atoms with Crippen LogP contribution in [0.5, 0.6) is 11.5 Å². The fraction of sp³-hybridized carbons (Fsp3) is 0.182. The number of para-hydroxylation sites is 1. The molecule has 8 heteroatoms. The molecular weight excluding hydrogens is 395 g/mol. The number of benzene rings is 2. The van der Waals surface area contributed by atoms with Crippen molar-refractivity contribution in [3.63, 3.8) is 0 Å². The van der Waals surface area contributed by atoms with E-state index in [1.807, 2.05) is 0 Å². The lowest BCUT2D eigenvalue weighted by molar-refractivity contribution is -0.136. The summed E-state index contributed by atoms with van der Waals surface area (Å²) in [6, 6.07) is 14.7. The molecule has 0 unspecified atom stereocenters. The van der Waals surface area contributed by atoms with Crippen LogP contribution in [0.4, 0.5) is 13.2 Å². The third-order valence-corrected chi connectivity index (χ3v) is 4.82. The number of methoxy groups -OCH3 is 2. The van der Waals surface area contributed by atoms with Gasteiger partial charge in [-0.1, -0.05) is 12.1 Å². The van der Waals surface area contributed by atoms with Gasteiger partial charge in [-0.2, -0.15) is 18.3 Å². The van der Waals surface area contributed by atoms with Gasteiger partial charge in [-0.3, -0.25) is 0 Å². The van der Waals surface area contributed by atoms with Gasteiger partial charge in [0.1, 0.15) is 11.5 Å². The molecule has 0 aliphatic carbocycles. The molecule has 0 saturated carbocycles. The van der Waals surface area contributed by atoms with Gasteiger partial charge in [-0.25, -0.2) is 9.67 Å². The molecule has 4 rings (SSSR count). The molecule has 2 aromatic carbocycles. The summed E-state index contributed by atoms with van der Waals surface area (Å²) in [6.45, 7) is 1.54. The summed E-state index contributed by atoms with van der Waals surface area (Å²) >= 11 is 0. The van der Waals surface area contributed by atoms with Crippen LogP contribution in [0.3, 0.4) is 0 Å². The number of nitrogens with zero attached hydrogens (tertiary/aromatic N) is 3. The number of aryl methyl sites for hydroxylation is 1. The van der Waals surface area contributed by atoms with Crippen LogP contribution in [0.2, 0.25) is 0 Å². The molecule has 0 bridgehead atoms. The molecule has 30 heavy (non-hydrogen) atoms. The zero-order valence-electron chi connectivity index (χ0n) is 16.5. The van der Waals surface area contributed by atoms with E-state index in [-0.39, 0.29) is 22.4 Å². The SMILES string of the molecule is COc1ccc(-n2nc(C)c3c(C(F)(F)F)cc(-c4ccccc4OC)nc32)cc1. The van der Waals surface area contributed by atoms with Gasteiger partial charge < -0.3 is 9.47 Å². The van der Waals surface area contributed by atoms with Crippen LogP contribution in [0.15, 0.2) is 54.6 Å². The zero-order chi connectivity index (χ0) is 21.5. The van der Waals surface area contributed by atoms with E-state index in [1.54, 1.807) is 62.6 Å². The largest absolute Gasteiger partial charge is 0.497 e. The topological polar surface area (TPSA) is 49.2 Å². The summed E-state index contributed by atoms with van der Waals surface area (Å²) in [5, 5.41) is 4.32. The minimum atomic E-state index is -4.57. The molecule has 0 N–H and O–H groups in total. The third-order valence-electron chi connectivity index (χ3n) is 4.82. The lowest BCUT2D eigenvalue weighted by atomic mass is 10.0. The van der Waals surface area contributed by atoms with Crippen molar-refractivity contribution in [1.82, 2.24) is 14.8 Å². The van der Waals surface area contributed by atoms with E-state index in [2.05, 4.69) is 10.1 Å². The van der Waals surface area contributed by atoms with E-state index in [4.69, 9.17) is 9.47 Å². The molecular formula is C22H18F3N3O2. The number of fused-ring (bicyclic) bond motifs is 1. The minimum Gasteiger partial charge on any atom is -0.497 e. The third kappa shape index (κ3) is 3.34. The zero-order valence-corrected chi connectivity index (χ0v) is 16.5. The second kappa shape index (κ2) is 7.37. The summed E-state index contributed by atoms with van der Waals surface area (Å²) in [7, 11) is 3.01. The Hall–Kier alpha value is -3.55. The normalized spacial score (nSPS) is 11.7. The standard InChI is InChI=1S/C22H18F3N3O2/c1-13-20-17(22(23,24)25)12-18(16-6-4-5-7-19(16)30-3)26-21(20)28(27-13)14-8-10-15(29-2)11-9-14/h4-12H,1-3H3. The Labute approximate surface area is 170 Å². The number of hydrogen-bond acceptors (Lipinski definition) is 4. The summed E-state index contributed by atoms with van der Waals surface area (Å²) < 4.78 is 53.8. The van der Waals surface area contributed by atoms with Crippen molar-refractivity contribution < 1.29 is 22.6 Å². The van der Waals surface area contributed by atoms with Crippen molar-refractivity contribution in [2.24, 2.45) is 0 Å². The Bertz CT molecular complexity index is 1220. The summed E-state index contributed by atoms with van der Waals surface area (Å²) in [5.41, 5.74) is 0.771. The number of pyridine rings is 1. The highest BCUT2D eigenvalue weighted by molar-refractivity contribution is 5.87. The van der Waals surface area contributed by atoms with E-state index in [0.29, 0.717) is 22.7 Å². The van der Waals surface area contributed by atoms with Crippen molar-refractivity contribution in [2.45, 2.75) is 13.1 Å². The first-order chi connectivity index (χ1) is 14.3. The molecule has 5 nitrogen and oxygen atoms in total. The number of aromatic nitrogens is 3. The number of alkyl halides is 3. The van der Waals surface area contributed by atoms with E-state index < -0.39 is 11.7 Å². The maximum absolute atomic E-state index is 14.0. The van der Waals surface area contributed by atoms with Crippen molar-refractivity contribution in [3.8, 4) is 28.4 Å². The second-order valence-corrected chi connectivity index (χ2v) is 6.65. The Balaban J connectivity index is 2.04. The number of halogens is 3. The lowest BCUT2D eigenvalue weighted by Gasteiger charge is -2.13. The molecule has 2 aromatic heterocycles. The minimum absolute atomic E-state index is 0.0306. The molecule has 0 fully saturated rings. The highest BCUT2D eigenvalue weighted by Gasteiger charge is 2.36. The molecule has 0 saturated heterocycles. The molecule has 0 radical (unpaired) electrons. The first-order valence-corrected chi connectivity index (χ1v) is 9.09. The Morgan fingerprint density at radius 3 is 2.27 bits per heavy atom. The monoisotopic (exact) mass is 413 g/mol. The molecule has 4 aromatic rings. The van der Waals surface area contributed by atoms with Crippen LogP contribution in [0.1, 0.15) is 11.3 Å². The van der Waals surface area contributed by atoms with Crippen LogP contribution in [0.25, 0.3) is 28.0 Å². The van der Waals surface area contributed by atoms with Gasteiger partial charge >= 0.3 is 6.18 Å². The Morgan fingerprint density at radius 1 is 0.933 bits per heavy atom. The van der Waals surface area contributed by atoms with Crippen molar-refractivity contribution in [1.29, 1.82) is 0 Å². The fourth-order valence-corrected chi connectivity index (χ4v) is 3.41. The van der Waals surface area contributed by atoms with Gasteiger partial charge in [-0.15, -0.1) is 0 Å². The maximum Gasteiger partial charge on any atom is 0.417 e. The van der Waals surface area contributed by atoms with Gasteiger partial charge in [0.15, 0.2) is 5.65 Å². The Morgan fingerprint density at radius 2 is 1.63 bits per heavy atom.